The molecule has 1 heterocycles. The van der Waals surface area contributed by atoms with Crippen molar-refractivity contribution in [3.05, 3.63) is 20.8 Å². The Balaban J connectivity index is 2.10. The average molecular weight is 247 g/mol. The van der Waals surface area contributed by atoms with Gasteiger partial charge >= 0.3 is 5.97 Å². The summed E-state index contributed by atoms with van der Waals surface area (Å²) >= 11 is 4.99. The van der Waals surface area contributed by atoms with Crippen LogP contribution >= 0.6 is 27.3 Å². The zero-order valence-electron chi connectivity index (χ0n) is 6.16. The van der Waals surface area contributed by atoms with Gasteiger partial charge in [0.2, 0.25) is 0 Å². The van der Waals surface area contributed by atoms with E-state index in [0.29, 0.717) is 0 Å². The van der Waals surface area contributed by atoms with Gasteiger partial charge in [-0.05, 0) is 34.5 Å². The van der Waals surface area contributed by atoms with Crippen molar-refractivity contribution in [1.82, 2.24) is 0 Å². The Bertz CT molecular complexity index is 321. The third-order valence-electron chi connectivity index (χ3n) is 2.07. The molecule has 0 spiro atoms. The van der Waals surface area contributed by atoms with Crippen LogP contribution in [0.5, 0.6) is 0 Å². The van der Waals surface area contributed by atoms with Crippen LogP contribution in [0.4, 0.5) is 0 Å². The fourth-order valence-corrected chi connectivity index (χ4v) is 2.91. The molecule has 1 fully saturated rings. The predicted molar refractivity (Wildman–Crippen MR) is 50.5 cm³/mol. The Kier molecular flexibility index (Phi) is 1.96. The maximum Gasteiger partial charge on any atom is 0.307 e. The summed E-state index contributed by atoms with van der Waals surface area (Å²) in [5.74, 6) is -0.515. The number of thiophene rings is 1. The van der Waals surface area contributed by atoms with E-state index in [1.54, 1.807) is 11.3 Å². The van der Waals surface area contributed by atoms with Crippen LogP contribution < -0.4 is 0 Å². The molecule has 0 saturated heterocycles. The van der Waals surface area contributed by atoms with Gasteiger partial charge < -0.3 is 5.11 Å². The van der Waals surface area contributed by atoms with Crippen molar-refractivity contribution < 1.29 is 9.90 Å². The number of hydrogen-bond acceptors (Lipinski definition) is 2. The van der Waals surface area contributed by atoms with Crippen molar-refractivity contribution in [1.29, 1.82) is 0 Å². The third-order valence-corrected chi connectivity index (χ3v) is 3.82. The van der Waals surface area contributed by atoms with Gasteiger partial charge in [-0.1, -0.05) is 0 Å². The van der Waals surface area contributed by atoms with E-state index in [4.69, 9.17) is 5.11 Å². The molecule has 1 saturated carbocycles. The molecule has 0 amide bonds. The smallest absolute Gasteiger partial charge is 0.307 e. The SMILES string of the molecule is O=C(O)[C@H]1C[C@@H]1c1ccc(Br)s1. The summed E-state index contributed by atoms with van der Waals surface area (Å²) < 4.78 is 1.08. The minimum atomic E-state index is -0.662. The molecule has 0 aliphatic heterocycles. The molecule has 0 unspecified atom stereocenters. The minimum Gasteiger partial charge on any atom is -0.481 e. The van der Waals surface area contributed by atoms with E-state index >= 15 is 0 Å². The molecular weight excluding hydrogens is 240 g/mol. The zero-order valence-corrected chi connectivity index (χ0v) is 8.56. The lowest BCUT2D eigenvalue weighted by Gasteiger charge is -1.89. The summed E-state index contributed by atoms with van der Waals surface area (Å²) in [6.45, 7) is 0. The Hall–Kier alpha value is -0.350. The maximum absolute atomic E-state index is 10.5. The van der Waals surface area contributed by atoms with Crippen LogP contribution in [-0.2, 0) is 4.79 Å². The van der Waals surface area contributed by atoms with E-state index < -0.39 is 5.97 Å². The van der Waals surface area contributed by atoms with E-state index in [-0.39, 0.29) is 11.8 Å². The Morgan fingerprint density at radius 1 is 1.67 bits per heavy atom. The second-order valence-corrected chi connectivity index (χ2v) is 5.42. The Morgan fingerprint density at radius 3 is 2.83 bits per heavy atom. The Morgan fingerprint density at radius 2 is 2.42 bits per heavy atom. The molecule has 1 aromatic heterocycles. The van der Waals surface area contributed by atoms with Crippen molar-refractivity contribution in [3.8, 4) is 0 Å². The quantitative estimate of drug-likeness (QED) is 0.872. The van der Waals surface area contributed by atoms with Crippen LogP contribution in [-0.4, -0.2) is 11.1 Å². The van der Waals surface area contributed by atoms with E-state index in [1.165, 1.54) is 4.88 Å². The molecule has 0 radical (unpaired) electrons. The van der Waals surface area contributed by atoms with E-state index in [1.807, 2.05) is 12.1 Å². The molecule has 4 heteroatoms. The van der Waals surface area contributed by atoms with Gasteiger partial charge in [-0.3, -0.25) is 4.79 Å². The highest BCUT2D eigenvalue weighted by Crippen LogP contribution is 2.50. The second kappa shape index (κ2) is 2.85. The fraction of sp³-hybridized carbons (Fsp3) is 0.375. The van der Waals surface area contributed by atoms with Crippen molar-refractivity contribution in [2.45, 2.75) is 12.3 Å². The van der Waals surface area contributed by atoms with Crippen LogP contribution in [0.25, 0.3) is 0 Å². The monoisotopic (exact) mass is 246 g/mol. The fourth-order valence-electron chi connectivity index (χ4n) is 1.31. The van der Waals surface area contributed by atoms with Crippen LogP contribution in [0.1, 0.15) is 17.2 Å². The lowest BCUT2D eigenvalue weighted by molar-refractivity contribution is -0.138. The summed E-state index contributed by atoms with van der Waals surface area (Å²) in [4.78, 5) is 11.7. The number of hydrogen-bond donors (Lipinski definition) is 1. The van der Waals surface area contributed by atoms with Crippen LogP contribution in [0.2, 0.25) is 0 Å². The van der Waals surface area contributed by atoms with Gasteiger partial charge in [-0.15, -0.1) is 11.3 Å². The van der Waals surface area contributed by atoms with Gasteiger partial charge in [-0.2, -0.15) is 0 Å². The molecule has 0 aromatic carbocycles. The Labute approximate surface area is 82.3 Å². The minimum absolute atomic E-state index is 0.129. The summed E-state index contributed by atoms with van der Waals surface area (Å²) in [6, 6.07) is 3.97. The summed E-state index contributed by atoms with van der Waals surface area (Å²) in [5.41, 5.74) is 0. The highest BCUT2D eigenvalue weighted by Gasteiger charge is 2.44. The number of aliphatic carboxylic acids is 1. The molecule has 2 atom stereocenters. The van der Waals surface area contributed by atoms with Crippen LogP contribution in [0, 0.1) is 5.92 Å². The highest BCUT2D eigenvalue weighted by atomic mass is 79.9. The first-order chi connectivity index (χ1) is 5.68. The van der Waals surface area contributed by atoms with Crippen molar-refractivity contribution >= 4 is 33.2 Å². The molecule has 64 valence electrons. The first kappa shape index (κ1) is 8.26. The van der Waals surface area contributed by atoms with Gasteiger partial charge in [0.1, 0.15) is 0 Å². The third kappa shape index (κ3) is 1.41. The van der Waals surface area contributed by atoms with Gasteiger partial charge in [-0.25, -0.2) is 0 Å². The molecule has 1 aliphatic carbocycles. The van der Waals surface area contributed by atoms with Crippen LogP contribution in [0.15, 0.2) is 15.9 Å². The van der Waals surface area contributed by atoms with Gasteiger partial charge in [0.25, 0.3) is 0 Å². The number of carboxylic acid groups (broad SMARTS) is 1. The molecule has 2 rings (SSSR count). The lowest BCUT2D eigenvalue weighted by Crippen LogP contribution is -1.97. The summed E-state index contributed by atoms with van der Waals surface area (Å²) in [5, 5.41) is 8.68. The van der Waals surface area contributed by atoms with Gasteiger partial charge in [0, 0.05) is 10.8 Å². The van der Waals surface area contributed by atoms with Crippen molar-refractivity contribution in [3.63, 3.8) is 0 Å². The highest BCUT2D eigenvalue weighted by molar-refractivity contribution is 9.11. The number of rotatable bonds is 2. The summed E-state index contributed by atoms with van der Waals surface area (Å²) in [7, 11) is 0. The molecular formula is C8H7BrO2S. The lowest BCUT2D eigenvalue weighted by atomic mass is 10.3. The van der Waals surface area contributed by atoms with Gasteiger partial charge in [0.15, 0.2) is 0 Å². The largest absolute Gasteiger partial charge is 0.481 e. The van der Waals surface area contributed by atoms with Crippen molar-refractivity contribution in [2.75, 3.05) is 0 Å². The molecule has 1 aliphatic rings. The van der Waals surface area contributed by atoms with E-state index in [9.17, 15) is 4.79 Å². The molecule has 1 aromatic rings. The predicted octanol–water partition coefficient (Wildman–Crippen LogP) is 2.70. The number of halogens is 1. The standard InChI is InChI=1S/C8H7BrO2S/c9-7-2-1-6(12-7)4-3-5(4)8(10)11/h1-2,4-5H,3H2,(H,10,11)/t4-,5-/m0/s1. The number of carboxylic acids is 1. The zero-order chi connectivity index (χ0) is 8.72. The first-order valence-corrected chi connectivity index (χ1v) is 5.27. The molecule has 12 heavy (non-hydrogen) atoms. The van der Waals surface area contributed by atoms with Gasteiger partial charge in [0.05, 0.1) is 9.70 Å². The van der Waals surface area contributed by atoms with Crippen LogP contribution in [0.3, 0.4) is 0 Å². The second-order valence-electron chi connectivity index (χ2n) is 2.93. The number of carbonyl (C=O) groups is 1. The normalized spacial score (nSPS) is 27.1. The summed E-state index contributed by atoms with van der Waals surface area (Å²) in [6.07, 6.45) is 0.808. The molecule has 0 bridgehead atoms. The van der Waals surface area contributed by atoms with E-state index in [2.05, 4.69) is 15.9 Å². The first-order valence-electron chi connectivity index (χ1n) is 3.66. The maximum atomic E-state index is 10.5. The average Bonchev–Trinajstić information content (AvgIpc) is 2.70. The topological polar surface area (TPSA) is 37.3 Å². The molecule has 2 nitrogen and oxygen atoms in total. The van der Waals surface area contributed by atoms with Crippen molar-refractivity contribution in [2.24, 2.45) is 5.92 Å². The van der Waals surface area contributed by atoms with E-state index in [0.717, 1.165) is 10.2 Å². The molecule has 1 N–H and O–H groups in total.